The summed E-state index contributed by atoms with van der Waals surface area (Å²) in [7, 11) is 1.63. The zero-order valence-corrected chi connectivity index (χ0v) is 10.7. The Morgan fingerprint density at radius 2 is 1.89 bits per heavy atom. The molecule has 3 rings (SSSR count). The van der Waals surface area contributed by atoms with Gasteiger partial charge >= 0.3 is 0 Å². The van der Waals surface area contributed by atoms with Gasteiger partial charge in [0.25, 0.3) is 0 Å². The van der Waals surface area contributed by atoms with Crippen molar-refractivity contribution in [2.45, 2.75) is 6.04 Å². The van der Waals surface area contributed by atoms with E-state index in [0.717, 1.165) is 45.2 Å². The second-order valence-electron chi connectivity index (χ2n) is 4.77. The van der Waals surface area contributed by atoms with Gasteiger partial charge in [0.05, 0.1) is 19.5 Å². The maximum atomic E-state index is 5.06. The van der Waals surface area contributed by atoms with E-state index in [0.29, 0.717) is 11.8 Å². The van der Waals surface area contributed by atoms with Crippen LogP contribution in [0.5, 0.6) is 5.75 Å². The minimum Gasteiger partial charge on any atom is -0.494 e. The Labute approximate surface area is 107 Å². The molecule has 0 amide bonds. The Morgan fingerprint density at radius 3 is 2.50 bits per heavy atom. The molecule has 0 saturated carbocycles. The molecule has 1 N–H and O–H groups in total. The van der Waals surface area contributed by atoms with E-state index in [9.17, 15) is 0 Å². The van der Waals surface area contributed by atoms with Crippen LogP contribution in [0.1, 0.15) is 0 Å². The van der Waals surface area contributed by atoms with Crippen LogP contribution in [0.4, 0.5) is 5.95 Å². The van der Waals surface area contributed by atoms with Gasteiger partial charge in [-0.3, -0.25) is 4.90 Å². The van der Waals surface area contributed by atoms with Gasteiger partial charge in [0.2, 0.25) is 5.95 Å². The Kier molecular flexibility index (Phi) is 3.29. The summed E-state index contributed by atoms with van der Waals surface area (Å²) in [6.45, 7) is 6.59. The van der Waals surface area contributed by atoms with Crippen molar-refractivity contribution in [1.82, 2.24) is 20.2 Å². The molecule has 0 unspecified atom stereocenters. The molecule has 2 saturated heterocycles. The summed E-state index contributed by atoms with van der Waals surface area (Å²) < 4.78 is 5.06. The minimum atomic E-state index is 0.665. The number of nitrogens with zero attached hydrogens (tertiary/aromatic N) is 4. The zero-order valence-electron chi connectivity index (χ0n) is 10.7. The van der Waals surface area contributed by atoms with Crippen molar-refractivity contribution < 1.29 is 4.74 Å². The van der Waals surface area contributed by atoms with Crippen LogP contribution in [0.25, 0.3) is 0 Å². The van der Waals surface area contributed by atoms with Crippen molar-refractivity contribution in [3.63, 3.8) is 0 Å². The molecule has 2 aliphatic rings. The number of rotatable bonds is 3. The summed E-state index contributed by atoms with van der Waals surface area (Å²) in [6.07, 6.45) is 3.45. The van der Waals surface area contributed by atoms with Crippen molar-refractivity contribution in [3.8, 4) is 5.75 Å². The van der Waals surface area contributed by atoms with Gasteiger partial charge in [0.1, 0.15) is 0 Å². The van der Waals surface area contributed by atoms with Crippen molar-refractivity contribution in [2.24, 2.45) is 0 Å². The number of piperazine rings is 1. The Morgan fingerprint density at radius 1 is 1.22 bits per heavy atom. The highest BCUT2D eigenvalue weighted by Gasteiger charge is 2.33. The summed E-state index contributed by atoms with van der Waals surface area (Å²) in [5, 5.41) is 3.38. The molecule has 1 aromatic rings. The number of ether oxygens (including phenoxy) is 1. The van der Waals surface area contributed by atoms with E-state index in [2.05, 4.69) is 25.1 Å². The highest BCUT2D eigenvalue weighted by atomic mass is 16.5. The third-order valence-electron chi connectivity index (χ3n) is 3.66. The van der Waals surface area contributed by atoms with Crippen LogP contribution in [-0.2, 0) is 0 Å². The standard InChI is InChI=1S/C12H19N5O/c1-18-11-6-14-12(15-7-11)17-8-10(9-17)16-4-2-13-3-5-16/h6-7,10,13H,2-5,8-9H2,1H3. The molecule has 98 valence electrons. The van der Waals surface area contributed by atoms with Crippen molar-refractivity contribution in [3.05, 3.63) is 12.4 Å². The van der Waals surface area contributed by atoms with E-state index >= 15 is 0 Å². The summed E-state index contributed by atoms with van der Waals surface area (Å²) >= 11 is 0. The summed E-state index contributed by atoms with van der Waals surface area (Å²) in [4.78, 5) is 13.4. The van der Waals surface area contributed by atoms with E-state index in [1.165, 1.54) is 0 Å². The van der Waals surface area contributed by atoms with Gasteiger partial charge in [-0.25, -0.2) is 9.97 Å². The number of hydrogen-bond donors (Lipinski definition) is 1. The van der Waals surface area contributed by atoms with Crippen LogP contribution in [0.3, 0.4) is 0 Å². The van der Waals surface area contributed by atoms with Crippen molar-refractivity contribution in [2.75, 3.05) is 51.3 Å². The van der Waals surface area contributed by atoms with Crippen molar-refractivity contribution >= 4 is 5.95 Å². The topological polar surface area (TPSA) is 53.5 Å². The van der Waals surface area contributed by atoms with Gasteiger partial charge in [-0.1, -0.05) is 0 Å². The fourth-order valence-corrected chi connectivity index (χ4v) is 2.47. The van der Waals surface area contributed by atoms with Gasteiger partial charge in [0, 0.05) is 45.3 Å². The fraction of sp³-hybridized carbons (Fsp3) is 0.667. The molecule has 0 aromatic carbocycles. The number of nitrogens with one attached hydrogen (secondary N) is 1. The Bertz CT molecular complexity index is 384. The summed E-state index contributed by atoms with van der Waals surface area (Å²) in [5.41, 5.74) is 0. The first-order chi connectivity index (χ1) is 8.86. The quantitative estimate of drug-likeness (QED) is 0.785. The largest absolute Gasteiger partial charge is 0.494 e. The van der Waals surface area contributed by atoms with Crippen molar-refractivity contribution in [1.29, 1.82) is 0 Å². The van der Waals surface area contributed by atoms with E-state index < -0.39 is 0 Å². The number of methoxy groups -OCH3 is 1. The van der Waals surface area contributed by atoms with Gasteiger partial charge < -0.3 is 15.0 Å². The van der Waals surface area contributed by atoms with Crippen LogP contribution in [0.15, 0.2) is 12.4 Å². The third-order valence-corrected chi connectivity index (χ3v) is 3.66. The smallest absolute Gasteiger partial charge is 0.225 e. The van der Waals surface area contributed by atoms with E-state index in [1.54, 1.807) is 19.5 Å². The molecular weight excluding hydrogens is 230 g/mol. The van der Waals surface area contributed by atoms with Crippen LogP contribution < -0.4 is 15.0 Å². The molecule has 0 bridgehead atoms. The summed E-state index contributed by atoms with van der Waals surface area (Å²) in [5.74, 6) is 1.51. The molecule has 1 aromatic heterocycles. The number of hydrogen-bond acceptors (Lipinski definition) is 6. The Balaban J connectivity index is 1.54. The SMILES string of the molecule is COc1cnc(N2CC(N3CCNCC3)C2)nc1. The van der Waals surface area contributed by atoms with E-state index in [1.807, 2.05) is 0 Å². The maximum Gasteiger partial charge on any atom is 0.225 e. The third kappa shape index (κ3) is 2.26. The van der Waals surface area contributed by atoms with Gasteiger partial charge in [-0.2, -0.15) is 0 Å². The molecule has 2 fully saturated rings. The molecule has 2 aliphatic heterocycles. The molecule has 3 heterocycles. The minimum absolute atomic E-state index is 0.665. The van der Waals surface area contributed by atoms with Gasteiger partial charge in [-0.15, -0.1) is 0 Å². The zero-order chi connectivity index (χ0) is 12.4. The lowest BCUT2D eigenvalue weighted by Gasteiger charge is -2.46. The molecule has 0 radical (unpaired) electrons. The van der Waals surface area contributed by atoms with E-state index in [4.69, 9.17) is 4.74 Å². The van der Waals surface area contributed by atoms with Crippen LogP contribution in [-0.4, -0.2) is 67.3 Å². The molecule has 6 nitrogen and oxygen atoms in total. The molecule has 6 heteroatoms. The second kappa shape index (κ2) is 5.07. The lowest BCUT2D eigenvalue weighted by Crippen LogP contribution is -2.63. The fourth-order valence-electron chi connectivity index (χ4n) is 2.47. The lowest BCUT2D eigenvalue weighted by atomic mass is 10.1. The highest BCUT2D eigenvalue weighted by molar-refractivity contribution is 5.36. The first kappa shape index (κ1) is 11.7. The van der Waals surface area contributed by atoms with Crippen LogP contribution >= 0.6 is 0 Å². The number of aromatic nitrogens is 2. The summed E-state index contributed by atoms with van der Waals surface area (Å²) in [6, 6.07) is 0.665. The average Bonchev–Trinajstić information content (AvgIpc) is 2.39. The average molecular weight is 249 g/mol. The first-order valence-corrected chi connectivity index (χ1v) is 6.42. The predicted molar refractivity (Wildman–Crippen MR) is 69.0 cm³/mol. The van der Waals surface area contributed by atoms with Crippen LogP contribution in [0, 0.1) is 0 Å². The normalized spacial score (nSPS) is 21.7. The lowest BCUT2D eigenvalue weighted by molar-refractivity contribution is 0.146. The van der Waals surface area contributed by atoms with E-state index in [-0.39, 0.29) is 0 Å². The Hall–Kier alpha value is -1.40. The molecule has 0 atom stereocenters. The molecule has 0 aliphatic carbocycles. The van der Waals surface area contributed by atoms with Gasteiger partial charge in [-0.05, 0) is 0 Å². The maximum absolute atomic E-state index is 5.06. The second-order valence-corrected chi connectivity index (χ2v) is 4.77. The molecule has 18 heavy (non-hydrogen) atoms. The number of anilines is 1. The van der Waals surface area contributed by atoms with Crippen LogP contribution in [0.2, 0.25) is 0 Å². The first-order valence-electron chi connectivity index (χ1n) is 6.42. The monoisotopic (exact) mass is 249 g/mol. The van der Waals surface area contributed by atoms with Gasteiger partial charge in [0.15, 0.2) is 5.75 Å². The predicted octanol–water partition coefficient (Wildman–Crippen LogP) is -0.421. The highest BCUT2D eigenvalue weighted by Crippen LogP contribution is 2.21. The molecular formula is C12H19N5O. The molecule has 0 spiro atoms.